The third-order valence-electron chi connectivity index (χ3n) is 4.71. The number of halogens is 3. The van der Waals surface area contributed by atoms with Gasteiger partial charge in [0.15, 0.2) is 0 Å². The second-order valence-corrected chi connectivity index (χ2v) is 6.72. The largest absolute Gasteiger partial charge is 0.453 e. The molecule has 8 heteroatoms. The van der Waals surface area contributed by atoms with Crippen LogP contribution >= 0.6 is 0 Å². The van der Waals surface area contributed by atoms with Crippen molar-refractivity contribution in [2.45, 2.75) is 51.7 Å². The smallest absolute Gasteiger partial charge is 0.416 e. The number of nitrogens with one attached hydrogen (secondary N) is 1. The molecule has 0 bridgehead atoms. The Labute approximate surface area is 164 Å². The average molecular weight is 402 g/mol. The number of hydrogen-bond donors (Lipinski definition) is 1. The molecule has 1 aromatic carbocycles. The molecule has 2 atom stereocenters. The van der Waals surface area contributed by atoms with E-state index in [1.165, 1.54) is 25.7 Å². The van der Waals surface area contributed by atoms with E-state index in [2.05, 4.69) is 17.0 Å². The van der Waals surface area contributed by atoms with Crippen LogP contribution in [-0.2, 0) is 15.7 Å². The fraction of sp³-hybridized carbons (Fsp3) is 0.600. The van der Waals surface area contributed by atoms with Crippen molar-refractivity contribution in [2.75, 3.05) is 20.2 Å². The first-order valence-corrected chi connectivity index (χ1v) is 9.45. The Bertz CT molecular complexity index is 608. The maximum Gasteiger partial charge on any atom is 0.416 e. The number of methoxy groups -OCH3 is 1. The summed E-state index contributed by atoms with van der Waals surface area (Å²) in [5, 5.41) is 2.61. The second-order valence-electron chi connectivity index (χ2n) is 6.72. The molecule has 0 spiro atoms. The van der Waals surface area contributed by atoms with Crippen LogP contribution in [0.5, 0.6) is 0 Å². The number of benzene rings is 1. The van der Waals surface area contributed by atoms with E-state index in [0.717, 1.165) is 37.9 Å². The quantitative estimate of drug-likeness (QED) is 0.808. The summed E-state index contributed by atoms with van der Waals surface area (Å²) in [4.78, 5) is 25.4. The third-order valence-corrected chi connectivity index (χ3v) is 4.71. The molecule has 1 heterocycles. The first kappa shape index (κ1) is 23.8. The molecule has 158 valence electrons. The van der Waals surface area contributed by atoms with Gasteiger partial charge in [0.1, 0.15) is 0 Å². The van der Waals surface area contributed by atoms with E-state index >= 15 is 0 Å². The molecule has 2 unspecified atom stereocenters. The highest BCUT2D eigenvalue weighted by atomic mass is 19.4. The van der Waals surface area contributed by atoms with E-state index < -0.39 is 17.8 Å². The molecule has 0 aliphatic carbocycles. The molecule has 1 aliphatic rings. The van der Waals surface area contributed by atoms with Crippen molar-refractivity contribution in [3.05, 3.63) is 35.9 Å². The fourth-order valence-electron chi connectivity index (χ4n) is 2.97. The van der Waals surface area contributed by atoms with Gasteiger partial charge in [-0.3, -0.25) is 4.79 Å². The minimum Gasteiger partial charge on any atom is -0.453 e. The van der Waals surface area contributed by atoms with E-state index in [-0.39, 0.29) is 11.8 Å². The molecule has 1 aromatic rings. The lowest BCUT2D eigenvalue weighted by molar-refractivity contribution is -0.139. The summed E-state index contributed by atoms with van der Waals surface area (Å²) >= 11 is 0. The van der Waals surface area contributed by atoms with Crippen molar-refractivity contribution in [1.82, 2.24) is 10.2 Å². The molecule has 1 fully saturated rings. The van der Waals surface area contributed by atoms with Crippen LogP contribution < -0.4 is 5.32 Å². The van der Waals surface area contributed by atoms with Crippen molar-refractivity contribution >= 4 is 12.0 Å². The van der Waals surface area contributed by atoms with Crippen molar-refractivity contribution in [3.63, 3.8) is 0 Å². The predicted octanol–water partition coefficient (Wildman–Crippen LogP) is 4.48. The van der Waals surface area contributed by atoms with Crippen molar-refractivity contribution in [2.24, 2.45) is 5.92 Å². The molecule has 0 saturated carbocycles. The number of carbonyl (C=O) groups excluding carboxylic acids is 2. The molecular weight excluding hydrogens is 373 g/mol. The number of piperidine rings is 1. The minimum absolute atomic E-state index is 0.148. The average Bonchev–Trinajstić information content (AvgIpc) is 2.69. The summed E-state index contributed by atoms with van der Waals surface area (Å²) in [6.07, 6.45) is -0.605. The number of amides is 2. The van der Waals surface area contributed by atoms with Gasteiger partial charge in [-0.1, -0.05) is 37.3 Å². The number of rotatable bonds is 4. The Balaban J connectivity index is 0.000000330. The summed E-state index contributed by atoms with van der Waals surface area (Å²) < 4.78 is 39.9. The topological polar surface area (TPSA) is 58.6 Å². The van der Waals surface area contributed by atoms with Gasteiger partial charge in [0.25, 0.3) is 0 Å². The number of carbonyl (C=O) groups is 2. The lowest BCUT2D eigenvalue weighted by Gasteiger charge is -2.35. The maximum atomic E-state index is 12.4. The number of likely N-dealkylation sites (tertiary alicyclic amines) is 1. The number of nitrogens with zero attached hydrogens (tertiary/aromatic N) is 1. The molecule has 2 rings (SSSR count). The zero-order valence-electron chi connectivity index (χ0n) is 16.6. The van der Waals surface area contributed by atoms with Crippen LogP contribution in [0.1, 0.15) is 45.1 Å². The van der Waals surface area contributed by atoms with E-state index in [1.807, 2.05) is 11.8 Å². The van der Waals surface area contributed by atoms with E-state index in [0.29, 0.717) is 12.6 Å². The van der Waals surface area contributed by atoms with Crippen LogP contribution in [0.4, 0.5) is 18.0 Å². The van der Waals surface area contributed by atoms with Gasteiger partial charge in [-0.15, -0.1) is 0 Å². The van der Waals surface area contributed by atoms with Gasteiger partial charge in [0, 0.05) is 19.1 Å². The predicted molar refractivity (Wildman–Crippen MR) is 101 cm³/mol. The monoisotopic (exact) mass is 402 g/mol. The fourth-order valence-corrected chi connectivity index (χ4v) is 2.97. The number of alkyl carbamates (subject to hydrolysis) is 1. The Kier molecular flexibility index (Phi) is 9.82. The zero-order valence-corrected chi connectivity index (χ0v) is 16.6. The van der Waals surface area contributed by atoms with Crippen LogP contribution in [-0.4, -0.2) is 43.1 Å². The molecular formula is C20H29F3N2O3. The summed E-state index contributed by atoms with van der Waals surface area (Å²) in [5.41, 5.74) is -0.602. The van der Waals surface area contributed by atoms with Gasteiger partial charge in [-0.25, -0.2) is 4.79 Å². The second kappa shape index (κ2) is 11.6. The summed E-state index contributed by atoms with van der Waals surface area (Å²) in [5.74, 6) is 0.00533. The number of ether oxygens (including phenoxy) is 1. The molecule has 5 nitrogen and oxygen atoms in total. The van der Waals surface area contributed by atoms with E-state index in [4.69, 9.17) is 0 Å². The van der Waals surface area contributed by atoms with Crippen molar-refractivity contribution in [3.8, 4) is 0 Å². The molecule has 1 saturated heterocycles. The van der Waals surface area contributed by atoms with Gasteiger partial charge < -0.3 is 15.0 Å². The number of alkyl halides is 3. The maximum absolute atomic E-state index is 12.4. The molecule has 1 N–H and O–H groups in total. The standard InChI is InChI=1S/C13H24N2O3.C7H5F3/c1-4-11(9-14-13(17)18-3)12(16)15-8-6-5-7-10(15)2;8-7(9,10)6-4-2-1-3-5-6/h10-11H,4-9H2,1-3H3,(H,14,17);1-5H. The highest BCUT2D eigenvalue weighted by Gasteiger charge is 2.29. The minimum atomic E-state index is -4.21. The van der Waals surface area contributed by atoms with Crippen molar-refractivity contribution in [1.29, 1.82) is 0 Å². The first-order valence-electron chi connectivity index (χ1n) is 9.45. The highest BCUT2D eigenvalue weighted by Crippen LogP contribution is 2.28. The van der Waals surface area contributed by atoms with Gasteiger partial charge in [-0.05, 0) is 32.6 Å². The molecule has 28 heavy (non-hydrogen) atoms. The molecule has 0 radical (unpaired) electrons. The first-order chi connectivity index (χ1) is 13.2. The Morgan fingerprint density at radius 3 is 2.36 bits per heavy atom. The van der Waals surface area contributed by atoms with Gasteiger partial charge in [0.2, 0.25) is 5.91 Å². The molecule has 0 aromatic heterocycles. The Morgan fingerprint density at radius 1 is 1.25 bits per heavy atom. The van der Waals surface area contributed by atoms with Crippen LogP contribution in [0.15, 0.2) is 30.3 Å². The third kappa shape index (κ3) is 7.78. The summed E-state index contributed by atoms with van der Waals surface area (Å²) in [7, 11) is 1.32. The van der Waals surface area contributed by atoms with Gasteiger partial charge in [-0.2, -0.15) is 13.2 Å². The summed E-state index contributed by atoms with van der Waals surface area (Å²) in [6.45, 7) is 5.26. The van der Waals surface area contributed by atoms with Gasteiger partial charge in [0.05, 0.1) is 18.6 Å². The zero-order chi connectivity index (χ0) is 21.2. The number of hydrogen-bond acceptors (Lipinski definition) is 3. The summed E-state index contributed by atoms with van der Waals surface area (Å²) in [6, 6.07) is 6.68. The lowest BCUT2D eigenvalue weighted by atomic mass is 9.98. The normalized spacial score (nSPS) is 17.8. The SMILES string of the molecule is CCC(CNC(=O)OC)C(=O)N1CCCCC1C.FC(F)(F)c1ccccc1. The lowest BCUT2D eigenvalue weighted by Crippen LogP contribution is -2.47. The van der Waals surface area contributed by atoms with Crippen LogP contribution in [0, 0.1) is 5.92 Å². The van der Waals surface area contributed by atoms with E-state index in [9.17, 15) is 22.8 Å². The van der Waals surface area contributed by atoms with E-state index in [1.54, 1.807) is 6.07 Å². The Hall–Kier alpha value is -2.25. The van der Waals surface area contributed by atoms with Crippen LogP contribution in [0.25, 0.3) is 0 Å². The van der Waals surface area contributed by atoms with Crippen LogP contribution in [0.3, 0.4) is 0 Å². The highest BCUT2D eigenvalue weighted by molar-refractivity contribution is 5.80. The molecule has 2 amide bonds. The molecule has 1 aliphatic heterocycles. The Morgan fingerprint density at radius 2 is 1.89 bits per heavy atom. The van der Waals surface area contributed by atoms with Gasteiger partial charge >= 0.3 is 12.3 Å². The van der Waals surface area contributed by atoms with Crippen LogP contribution in [0.2, 0.25) is 0 Å². The van der Waals surface area contributed by atoms with Crippen molar-refractivity contribution < 1.29 is 27.5 Å².